The van der Waals surface area contributed by atoms with Crippen LogP contribution in [0.15, 0.2) is 82.6 Å². The Labute approximate surface area is 208 Å². The summed E-state index contributed by atoms with van der Waals surface area (Å²) in [5, 5.41) is 0. The van der Waals surface area contributed by atoms with Gasteiger partial charge in [-0.1, -0.05) is 31.2 Å². The van der Waals surface area contributed by atoms with Crippen LogP contribution in [0.1, 0.15) is 18.9 Å². The fourth-order valence-electron chi connectivity index (χ4n) is 3.56. The van der Waals surface area contributed by atoms with E-state index in [0.717, 1.165) is 24.9 Å². The third kappa shape index (κ3) is 6.65. The number of methoxy groups -OCH3 is 2. The van der Waals surface area contributed by atoms with Gasteiger partial charge in [0.15, 0.2) is 17.7 Å². The van der Waals surface area contributed by atoms with E-state index < -0.39 is 9.84 Å². The molecule has 6 nitrogen and oxygen atoms in total. The molecule has 184 valence electrons. The molecule has 0 bridgehead atoms. The molecule has 3 aromatic rings. The van der Waals surface area contributed by atoms with Crippen LogP contribution in [0.2, 0.25) is 0 Å². The summed E-state index contributed by atoms with van der Waals surface area (Å²) in [6, 6.07) is 20.9. The van der Waals surface area contributed by atoms with Crippen LogP contribution < -0.4 is 14.2 Å². The van der Waals surface area contributed by atoms with Gasteiger partial charge in [0.25, 0.3) is 0 Å². The van der Waals surface area contributed by atoms with Crippen molar-refractivity contribution in [1.82, 2.24) is 4.90 Å². The normalized spacial score (nSPS) is 12.0. The molecule has 1 unspecified atom stereocenters. The molecule has 34 heavy (non-hydrogen) atoms. The van der Waals surface area contributed by atoms with E-state index in [0.29, 0.717) is 17.2 Å². The van der Waals surface area contributed by atoms with E-state index in [1.807, 2.05) is 25.2 Å². The average Bonchev–Trinajstić information content (AvgIpc) is 2.86. The summed E-state index contributed by atoms with van der Waals surface area (Å²) in [4.78, 5) is 2.67. The summed E-state index contributed by atoms with van der Waals surface area (Å²) < 4.78 is 42.4. The van der Waals surface area contributed by atoms with Gasteiger partial charge in [0, 0.05) is 6.54 Å². The Balaban J connectivity index is 0.00000408. The largest absolute Gasteiger partial charge is 0.493 e. The Kier molecular flexibility index (Phi) is 10.2. The Hall–Kier alpha value is -2.74. The highest BCUT2D eigenvalue weighted by molar-refractivity contribution is 7.91. The van der Waals surface area contributed by atoms with Gasteiger partial charge in [0.1, 0.15) is 5.75 Å². The van der Waals surface area contributed by atoms with Gasteiger partial charge in [-0.25, -0.2) is 8.42 Å². The number of hydrogen-bond acceptors (Lipinski definition) is 6. The molecule has 0 radical (unpaired) electrons. The van der Waals surface area contributed by atoms with Crippen molar-refractivity contribution in [2.45, 2.75) is 35.8 Å². The van der Waals surface area contributed by atoms with E-state index in [9.17, 15) is 8.42 Å². The van der Waals surface area contributed by atoms with Gasteiger partial charge in [-0.3, -0.25) is 4.90 Å². The Morgan fingerprint density at radius 2 is 1.47 bits per heavy atom. The zero-order valence-corrected chi connectivity index (χ0v) is 21.6. The first-order valence-corrected chi connectivity index (χ1v) is 12.3. The second kappa shape index (κ2) is 12.6. The topological polar surface area (TPSA) is 65.1 Å². The standard InChI is InChI=1S/C26H31NO5S.ClH/c1-5-26(27(2)18-17-20-11-16-24(30-3)25(19-20)31-4)32-21-12-14-23(15-13-21)33(28,29)22-9-7-6-8-10-22;/h6-16,19,26H,5,17-18H2,1-4H3;1H. The highest BCUT2D eigenvalue weighted by Gasteiger charge is 2.19. The zero-order chi connectivity index (χ0) is 23.8. The van der Waals surface area contributed by atoms with Gasteiger partial charge in [-0.15, -0.1) is 12.4 Å². The summed E-state index contributed by atoms with van der Waals surface area (Å²) in [5.41, 5.74) is 1.14. The lowest BCUT2D eigenvalue weighted by atomic mass is 10.1. The molecule has 0 fully saturated rings. The van der Waals surface area contributed by atoms with Crippen LogP contribution >= 0.6 is 12.4 Å². The van der Waals surface area contributed by atoms with Gasteiger partial charge in [-0.05, 0) is 74.0 Å². The predicted molar refractivity (Wildman–Crippen MR) is 136 cm³/mol. The van der Waals surface area contributed by atoms with Crippen molar-refractivity contribution in [1.29, 1.82) is 0 Å². The molecule has 0 aliphatic heterocycles. The molecule has 0 spiro atoms. The van der Waals surface area contributed by atoms with Crippen LogP contribution in [-0.2, 0) is 16.3 Å². The van der Waals surface area contributed by atoms with Crippen LogP contribution in [0.3, 0.4) is 0 Å². The van der Waals surface area contributed by atoms with E-state index in [1.54, 1.807) is 68.8 Å². The number of nitrogens with zero attached hydrogens (tertiary/aromatic N) is 1. The molecule has 3 rings (SSSR count). The lowest BCUT2D eigenvalue weighted by molar-refractivity contribution is 0.0427. The molecule has 0 saturated heterocycles. The smallest absolute Gasteiger partial charge is 0.206 e. The molecule has 3 aromatic carbocycles. The highest BCUT2D eigenvalue weighted by atomic mass is 35.5. The molecule has 0 amide bonds. The van der Waals surface area contributed by atoms with Crippen molar-refractivity contribution in [3.63, 3.8) is 0 Å². The predicted octanol–water partition coefficient (Wildman–Crippen LogP) is 5.25. The van der Waals surface area contributed by atoms with E-state index in [1.165, 1.54) is 0 Å². The van der Waals surface area contributed by atoms with Crippen LogP contribution in [0.5, 0.6) is 17.2 Å². The monoisotopic (exact) mass is 505 g/mol. The Morgan fingerprint density at radius 1 is 0.853 bits per heavy atom. The first-order chi connectivity index (χ1) is 15.9. The lowest BCUT2D eigenvalue weighted by Gasteiger charge is -2.28. The lowest BCUT2D eigenvalue weighted by Crippen LogP contribution is -2.37. The molecule has 1 atom stereocenters. The van der Waals surface area contributed by atoms with Gasteiger partial charge >= 0.3 is 0 Å². The van der Waals surface area contributed by atoms with Crippen molar-refractivity contribution < 1.29 is 22.6 Å². The number of benzene rings is 3. The fraction of sp³-hybridized carbons (Fsp3) is 0.308. The molecular weight excluding hydrogens is 474 g/mol. The van der Waals surface area contributed by atoms with Crippen molar-refractivity contribution >= 4 is 22.2 Å². The fourth-order valence-corrected chi connectivity index (χ4v) is 4.84. The van der Waals surface area contributed by atoms with Crippen molar-refractivity contribution in [2.75, 3.05) is 27.8 Å². The molecule has 0 N–H and O–H groups in total. The maximum absolute atomic E-state index is 12.8. The van der Waals surface area contributed by atoms with E-state index in [-0.39, 0.29) is 28.4 Å². The van der Waals surface area contributed by atoms with Gasteiger partial charge < -0.3 is 14.2 Å². The van der Waals surface area contributed by atoms with Crippen LogP contribution in [0.4, 0.5) is 0 Å². The highest BCUT2D eigenvalue weighted by Crippen LogP contribution is 2.28. The number of hydrogen-bond donors (Lipinski definition) is 0. The van der Waals surface area contributed by atoms with E-state index in [2.05, 4.69) is 11.8 Å². The summed E-state index contributed by atoms with van der Waals surface area (Å²) in [6.45, 7) is 2.85. The number of halogens is 1. The molecule has 0 aliphatic carbocycles. The second-order valence-electron chi connectivity index (χ2n) is 7.69. The number of sulfone groups is 1. The number of ether oxygens (including phenoxy) is 3. The SMILES string of the molecule is CCC(Oc1ccc(S(=O)(=O)c2ccccc2)cc1)N(C)CCc1ccc(OC)c(OC)c1.Cl. The zero-order valence-electron chi connectivity index (χ0n) is 19.9. The molecular formula is C26H32ClNO5S. The maximum Gasteiger partial charge on any atom is 0.206 e. The summed E-state index contributed by atoms with van der Waals surface area (Å²) in [5.74, 6) is 2.06. The van der Waals surface area contributed by atoms with Crippen molar-refractivity contribution in [3.05, 3.63) is 78.4 Å². The molecule has 0 saturated carbocycles. The van der Waals surface area contributed by atoms with Crippen LogP contribution in [0, 0.1) is 0 Å². The summed E-state index contributed by atoms with van der Waals surface area (Å²) in [6.07, 6.45) is 1.47. The third-order valence-corrected chi connectivity index (χ3v) is 7.29. The van der Waals surface area contributed by atoms with Gasteiger partial charge in [-0.2, -0.15) is 0 Å². The third-order valence-electron chi connectivity index (χ3n) is 5.50. The summed E-state index contributed by atoms with van der Waals surface area (Å²) in [7, 11) is 1.73. The van der Waals surface area contributed by atoms with Crippen molar-refractivity contribution in [3.8, 4) is 17.2 Å². The second-order valence-corrected chi connectivity index (χ2v) is 9.64. The molecule has 0 aromatic heterocycles. The quantitative estimate of drug-likeness (QED) is 0.332. The Bertz CT molecular complexity index is 1140. The molecule has 8 heteroatoms. The van der Waals surface area contributed by atoms with Crippen LogP contribution in [-0.4, -0.2) is 47.4 Å². The van der Waals surface area contributed by atoms with E-state index in [4.69, 9.17) is 14.2 Å². The minimum Gasteiger partial charge on any atom is -0.493 e. The first kappa shape index (κ1) is 27.5. The van der Waals surface area contributed by atoms with Gasteiger partial charge in [0.2, 0.25) is 9.84 Å². The first-order valence-electron chi connectivity index (χ1n) is 10.9. The molecule has 0 heterocycles. The minimum absolute atomic E-state index is 0. The van der Waals surface area contributed by atoms with E-state index >= 15 is 0 Å². The van der Waals surface area contributed by atoms with Crippen molar-refractivity contribution in [2.24, 2.45) is 0 Å². The average molecular weight is 506 g/mol. The summed E-state index contributed by atoms with van der Waals surface area (Å²) >= 11 is 0. The number of likely N-dealkylation sites (N-methyl/N-ethyl adjacent to an activating group) is 1. The maximum atomic E-state index is 12.8. The van der Waals surface area contributed by atoms with Crippen LogP contribution in [0.25, 0.3) is 0 Å². The number of rotatable bonds is 11. The Morgan fingerprint density at radius 3 is 2.06 bits per heavy atom. The molecule has 0 aliphatic rings. The minimum atomic E-state index is -3.54. The van der Waals surface area contributed by atoms with Gasteiger partial charge in [0.05, 0.1) is 24.0 Å².